The predicted octanol–water partition coefficient (Wildman–Crippen LogP) is 4.68. The van der Waals surface area contributed by atoms with E-state index >= 15 is 0 Å². The van der Waals surface area contributed by atoms with Gasteiger partial charge in [-0.2, -0.15) is 0 Å². The van der Waals surface area contributed by atoms with Crippen molar-refractivity contribution in [2.75, 3.05) is 28.4 Å². The molecule has 0 saturated heterocycles. The van der Waals surface area contributed by atoms with Crippen LogP contribution < -0.4 is 18.9 Å². The molecule has 0 bridgehead atoms. The molecular formula is C21H28O4. The second-order valence-corrected chi connectivity index (χ2v) is 5.94. The lowest BCUT2D eigenvalue weighted by Crippen LogP contribution is -1.94. The zero-order valence-electron chi connectivity index (χ0n) is 15.6. The summed E-state index contributed by atoms with van der Waals surface area (Å²) in [6.07, 6.45) is 5.59. The average molecular weight is 344 g/mol. The zero-order chi connectivity index (χ0) is 18.1. The highest BCUT2D eigenvalue weighted by molar-refractivity contribution is 5.43. The van der Waals surface area contributed by atoms with Crippen LogP contribution in [0.25, 0.3) is 0 Å². The lowest BCUT2D eigenvalue weighted by Gasteiger charge is -2.10. The van der Waals surface area contributed by atoms with Gasteiger partial charge in [-0.25, -0.2) is 0 Å². The molecule has 0 amide bonds. The van der Waals surface area contributed by atoms with Gasteiger partial charge in [0.05, 0.1) is 28.4 Å². The van der Waals surface area contributed by atoms with Crippen LogP contribution in [0.3, 0.4) is 0 Å². The molecule has 4 heteroatoms. The third-order valence-corrected chi connectivity index (χ3v) is 4.33. The van der Waals surface area contributed by atoms with Gasteiger partial charge in [-0.1, -0.05) is 18.6 Å². The molecule has 2 rings (SSSR count). The number of methoxy groups -OCH3 is 4. The minimum atomic E-state index is 0.778. The summed E-state index contributed by atoms with van der Waals surface area (Å²) in [4.78, 5) is 0. The van der Waals surface area contributed by atoms with Crippen molar-refractivity contribution in [1.29, 1.82) is 0 Å². The van der Waals surface area contributed by atoms with Gasteiger partial charge in [-0.3, -0.25) is 0 Å². The van der Waals surface area contributed by atoms with Crippen LogP contribution in [0.4, 0.5) is 0 Å². The SMILES string of the molecule is COc1ccc(CCCCCc2ccc(OC)c(OC)c2)cc1OC. The zero-order valence-corrected chi connectivity index (χ0v) is 15.6. The number of rotatable bonds is 10. The third kappa shape index (κ3) is 5.31. The van der Waals surface area contributed by atoms with Crippen LogP contribution in [-0.4, -0.2) is 28.4 Å². The molecule has 0 aliphatic rings. The molecular weight excluding hydrogens is 316 g/mol. The minimum Gasteiger partial charge on any atom is -0.493 e. The maximum absolute atomic E-state index is 5.36. The molecule has 136 valence electrons. The monoisotopic (exact) mass is 344 g/mol. The van der Waals surface area contributed by atoms with E-state index in [9.17, 15) is 0 Å². The first-order chi connectivity index (χ1) is 12.2. The molecule has 4 nitrogen and oxygen atoms in total. The van der Waals surface area contributed by atoms with Crippen LogP contribution in [0, 0.1) is 0 Å². The largest absolute Gasteiger partial charge is 0.493 e. The highest BCUT2D eigenvalue weighted by Crippen LogP contribution is 2.29. The summed E-state index contributed by atoms with van der Waals surface area (Å²) in [6, 6.07) is 12.3. The van der Waals surface area contributed by atoms with Crippen molar-refractivity contribution in [2.45, 2.75) is 32.1 Å². The molecule has 25 heavy (non-hydrogen) atoms. The Morgan fingerprint density at radius 1 is 0.520 bits per heavy atom. The predicted molar refractivity (Wildman–Crippen MR) is 100 cm³/mol. The first-order valence-electron chi connectivity index (χ1n) is 8.63. The molecule has 0 aliphatic heterocycles. The molecule has 0 spiro atoms. The maximum Gasteiger partial charge on any atom is 0.160 e. The first-order valence-corrected chi connectivity index (χ1v) is 8.63. The van der Waals surface area contributed by atoms with E-state index in [0.29, 0.717) is 0 Å². The summed E-state index contributed by atoms with van der Waals surface area (Å²) in [5.41, 5.74) is 2.56. The van der Waals surface area contributed by atoms with Gasteiger partial charge in [-0.15, -0.1) is 0 Å². The average Bonchev–Trinajstić information content (AvgIpc) is 2.67. The molecule has 2 aromatic carbocycles. The lowest BCUT2D eigenvalue weighted by atomic mass is 10.0. The van der Waals surface area contributed by atoms with Gasteiger partial charge in [0.2, 0.25) is 0 Å². The van der Waals surface area contributed by atoms with Crippen LogP contribution in [-0.2, 0) is 12.8 Å². The Bertz CT molecular complexity index is 609. The van der Waals surface area contributed by atoms with E-state index < -0.39 is 0 Å². The summed E-state index contributed by atoms with van der Waals surface area (Å²) in [7, 11) is 6.66. The number of hydrogen-bond acceptors (Lipinski definition) is 4. The Labute approximate surface area is 150 Å². The van der Waals surface area contributed by atoms with Crippen LogP contribution >= 0.6 is 0 Å². The Kier molecular flexibility index (Phi) is 7.45. The van der Waals surface area contributed by atoms with Crippen LogP contribution in [0.5, 0.6) is 23.0 Å². The van der Waals surface area contributed by atoms with Gasteiger partial charge in [-0.05, 0) is 61.1 Å². The number of unbranched alkanes of at least 4 members (excludes halogenated alkanes) is 2. The quantitative estimate of drug-likeness (QED) is 0.587. The molecule has 0 radical (unpaired) electrons. The van der Waals surface area contributed by atoms with Crippen molar-refractivity contribution in [3.05, 3.63) is 47.5 Å². The van der Waals surface area contributed by atoms with E-state index in [1.807, 2.05) is 12.1 Å². The Hall–Kier alpha value is -2.36. The molecule has 0 aliphatic carbocycles. The number of hydrogen-bond donors (Lipinski definition) is 0. The normalized spacial score (nSPS) is 10.4. The topological polar surface area (TPSA) is 36.9 Å². The Balaban J connectivity index is 1.78. The second kappa shape index (κ2) is 9.82. The van der Waals surface area contributed by atoms with Gasteiger partial charge in [0.15, 0.2) is 23.0 Å². The van der Waals surface area contributed by atoms with Crippen molar-refractivity contribution in [3.8, 4) is 23.0 Å². The minimum absolute atomic E-state index is 0.778. The smallest absolute Gasteiger partial charge is 0.160 e. The van der Waals surface area contributed by atoms with Gasteiger partial charge < -0.3 is 18.9 Å². The Morgan fingerprint density at radius 3 is 1.28 bits per heavy atom. The van der Waals surface area contributed by atoms with Crippen molar-refractivity contribution >= 4 is 0 Å². The van der Waals surface area contributed by atoms with Gasteiger partial charge >= 0.3 is 0 Å². The lowest BCUT2D eigenvalue weighted by molar-refractivity contribution is 0.354. The highest BCUT2D eigenvalue weighted by atomic mass is 16.5. The Morgan fingerprint density at radius 2 is 0.920 bits per heavy atom. The van der Waals surface area contributed by atoms with E-state index in [2.05, 4.69) is 24.3 Å². The van der Waals surface area contributed by atoms with Gasteiger partial charge in [0.25, 0.3) is 0 Å². The number of ether oxygens (including phenoxy) is 4. The molecule has 0 atom stereocenters. The van der Waals surface area contributed by atoms with Crippen LogP contribution in [0.2, 0.25) is 0 Å². The fourth-order valence-electron chi connectivity index (χ4n) is 2.91. The van der Waals surface area contributed by atoms with Crippen molar-refractivity contribution < 1.29 is 18.9 Å². The van der Waals surface area contributed by atoms with Crippen LogP contribution in [0.15, 0.2) is 36.4 Å². The van der Waals surface area contributed by atoms with E-state index in [1.54, 1.807) is 28.4 Å². The van der Waals surface area contributed by atoms with E-state index in [-0.39, 0.29) is 0 Å². The highest BCUT2D eigenvalue weighted by Gasteiger charge is 2.06. The summed E-state index contributed by atoms with van der Waals surface area (Å²) in [6.45, 7) is 0. The number of aryl methyl sites for hydroxylation is 2. The van der Waals surface area contributed by atoms with E-state index in [1.165, 1.54) is 17.5 Å². The fourth-order valence-corrected chi connectivity index (χ4v) is 2.91. The summed E-state index contributed by atoms with van der Waals surface area (Å²) >= 11 is 0. The van der Waals surface area contributed by atoms with E-state index in [4.69, 9.17) is 18.9 Å². The molecule has 0 unspecified atom stereocenters. The first kappa shape index (κ1) is 19.0. The molecule has 0 saturated carbocycles. The summed E-state index contributed by atoms with van der Waals surface area (Å²) in [5.74, 6) is 3.15. The summed E-state index contributed by atoms with van der Waals surface area (Å²) in [5, 5.41) is 0. The van der Waals surface area contributed by atoms with Crippen LogP contribution in [0.1, 0.15) is 30.4 Å². The number of benzene rings is 2. The maximum atomic E-state index is 5.36. The standard InChI is InChI=1S/C21H28O4/c1-22-18-12-10-16(14-20(18)24-3)8-6-5-7-9-17-11-13-19(23-2)21(15-17)25-4/h10-15H,5-9H2,1-4H3. The third-order valence-electron chi connectivity index (χ3n) is 4.33. The molecule has 0 N–H and O–H groups in total. The fraction of sp³-hybridized carbons (Fsp3) is 0.429. The van der Waals surface area contributed by atoms with Gasteiger partial charge in [0.1, 0.15) is 0 Å². The van der Waals surface area contributed by atoms with E-state index in [0.717, 1.165) is 48.7 Å². The van der Waals surface area contributed by atoms with Crippen molar-refractivity contribution in [2.24, 2.45) is 0 Å². The second-order valence-electron chi connectivity index (χ2n) is 5.94. The summed E-state index contributed by atoms with van der Waals surface area (Å²) < 4.78 is 21.3. The van der Waals surface area contributed by atoms with Crippen molar-refractivity contribution in [1.82, 2.24) is 0 Å². The molecule has 0 aromatic heterocycles. The molecule has 0 heterocycles. The molecule has 0 fully saturated rings. The molecule has 2 aromatic rings. The van der Waals surface area contributed by atoms with Crippen molar-refractivity contribution in [3.63, 3.8) is 0 Å². The van der Waals surface area contributed by atoms with Gasteiger partial charge in [0, 0.05) is 0 Å².